The van der Waals surface area contributed by atoms with Gasteiger partial charge in [0.15, 0.2) is 25.2 Å². The standard InChI is InChI=1S/C45H59NO12/c1-6-33-27(3)26(2)28(4)42(53-33)58-41-37(49)45(55-35-25-52-43(56-39(35)41)32-20-14-9-15-21-32)57-38-34(22-47)54-44(51-24-31-18-12-8-13-19-31)36(46-29(5)48)40(38)50-23-30-16-10-7-11-17-30/h7-21,26-28,33-45,47,49H,6,22-25H2,1-5H3,(H,46,48)/t26-,27+,28?,33?,34-,35?,36?,37?,38+,39-,40?,41+,42+,43?,44-,45-/m0/s1. The second-order valence-electron chi connectivity index (χ2n) is 15.9. The van der Waals surface area contributed by atoms with Gasteiger partial charge in [0.1, 0.15) is 48.8 Å². The molecule has 4 saturated heterocycles. The largest absolute Gasteiger partial charge is 0.394 e. The minimum atomic E-state index is -1.40. The molecule has 3 aromatic rings. The molecule has 0 saturated carbocycles. The van der Waals surface area contributed by atoms with Crippen LogP contribution in [0.15, 0.2) is 91.0 Å². The molecular weight excluding hydrogens is 746 g/mol. The van der Waals surface area contributed by atoms with E-state index >= 15 is 0 Å². The Bertz CT molecular complexity index is 1700. The Hall–Kier alpha value is -3.31. The van der Waals surface area contributed by atoms with Gasteiger partial charge in [0.05, 0.1) is 32.5 Å². The molecule has 4 fully saturated rings. The Kier molecular flexibility index (Phi) is 14.6. The average Bonchev–Trinajstić information content (AvgIpc) is 3.25. The van der Waals surface area contributed by atoms with Gasteiger partial charge in [-0.15, -0.1) is 0 Å². The van der Waals surface area contributed by atoms with Crippen LogP contribution in [0, 0.1) is 17.8 Å². The van der Waals surface area contributed by atoms with Crippen molar-refractivity contribution in [1.29, 1.82) is 0 Å². The van der Waals surface area contributed by atoms with Crippen LogP contribution in [-0.2, 0) is 60.6 Å². The summed E-state index contributed by atoms with van der Waals surface area (Å²) < 4.78 is 58.7. The summed E-state index contributed by atoms with van der Waals surface area (Å²) in [4.78, 5) is 12.8. The molecule has 7 unspecified atom stereocenters. The van der Waals surface area contributed by atoms with Gasteiger partial charge in [0.2, 0.25) is 5.91 Å². The van der Waals surface area contributed by atoms with Gasteiger partial charge < -0.3 is 58.2 Å². The molecule has 3 aromatic carbocycles. The molecule has 4 heterocycles. The second kappa shape index (κ2) is 19.8. The zero-order valence-electron chi connectivity index (χ0n) is 33.9. The van der Waals surface area contributed by atoms with Crippen LogP contribution in [0.1, 0.15) is 64.0 Å². The zero-order valence-corrected chi connectivity index (χ0v) is 33.9. The van der Waals surface area contributed by atoms with Gasteiger partial charge in [0.25, 0.3) is 0 Å². The molecule has 4 aliphatic rings. The van der Waals surface area contributed by atoms with Crippen LogP contribution >= 0.6 is 0 Å². The average molecular weight is 806 g/mol. The van der Waals surface area contributed by atoms with Gasteiger partial charge in [0, 0.05) is 18.4 Å². The van der Waals surface area contributed by atoms with Crippen molar-refractivity contribution in [3.8, 4) is 0 Å². The molecule has 58 heavy (non-hydrogen) atoms. The van der Waals surface area contributed by atoms with E-state index in [2.05, 4.69) is 33.0 Å². The monoisotopic (exact) mass is 805 g/mol. The SMILES string of the molecule is CCC1O[C@H](O[C@@H]2C(O)[C@H](O[C@H]3C(OCc4ccccc4)C(NC(C)=O)[C@@H](OCc4ccccc4)O[C@H]3CO)OC3COC(c4ccccc4)O[C@@H]32)C(C)[C@@H](C)[C@H]1C. The quantitative estimate of drug-likeness (QED) is 0.201. The summed E-state index contributed by atoms with van der Waals surface area (Å²) in [7, 11) is 0. The van der Waals surface area contributed by atoms with E-state index in [-0.39, 0.29) is 43.7 Å². The number of hydrogen-bond acceptors (Lipinski definition) is 12. The van der Waals surface area contributed by atoms with Crippen molar-refractivity contribution >= 4 is 5.91 Å². The lowest BCUT2D eigenvalue weighted by Crippen LogP contribution is -2.69. The predicted molar refractivity (Wildman–Crippen MR) is 210 cm³/mol. The Morgan fingerprint density at radius 3 is 1.93 bits per heavy atom. The number of rotatable bonds is 14. The number of carbonyl (C=O) groups excluding carboxylic acids is 1. The Balaban J connectivity index is 1.18. The number of hydrogen-bond donors (Lipinski definition) is 3. The lowest BCUT2D eigenvalue weighted by atomic mass is 9.78. The van der Waals surface area contributed by atoms with Gasteiger partial charge in [-0.1, -0.05) is 119 Å². The van der Waals surface area contributed by atoms with E-state index in [0.717, 1.165) is 23.1 Å². The lowest BCUT2D eigenvalue weighted by Gasteiger charge is -2.52. The maximum Gasteiger partial charge on any atom is 0.217 e. The Labute approximate surface area is 341 Å². The van der Waals surface area contributed by atoms with Crippen LogP contribution < -0.4 is 5.32 Å². The van der Waals surface area contributed by atoms with Crippen molar-refractivity contribution in [2.75, 3.05) is 13.2 Å². The highest BCUT2D eigenvalue weighted by atomic mass is 16.8. The second-order valence-corrected chi connectivity index (χ2v) is 15.9. The van der Waals surface area contributed by atoms with Crippen LogP contribution in [0.4, 0.5) is 0 Å². The molecular formula is C45H59NO12. The fourth-order valence-electron chi connectivity index (χ4n) is 8.49. The number of aliphatic hydroxyl groups is 2. The van der Waals surface area contributed by atoms with Crippen molar-refractivity contribution in [2.24, 2.45) is 17.8 Å². The minimum absolute atomic E-state index is 0.00272. The third kappa shape index (κ3) is 9.83. The first kappa shape index (κ1) is 42.8. The van der Waals surface area contributed by atoms with Crippen LogP contribution in [0.2, 0.25) is 0 Å². The molecule has 4 aliphatic heterocycles. The molecule has 0 radical (unpaired) electrons. The smallest absolute Gasteiger partial charge is 0.217 e. The van der Waals surface area contributed by atoms with E-state index in [1.54, 1.807) is 0 Å². The van der Waals surface area contributed by atoms with E-state index in [9.17, 15) is 15.0 Å². The summed E-state index contributed by atoms with van der Waals surface area (Å²) in [5, 5.41) is 26.2. The number of amides is 1. The van der Waals surface area contributed by atoms with Crippen molar-refractivity contribution < 1.29 is 57.6 Å². The number of fused-ring (bicyclic) bond motifs is 1. The molecule has 0 bridgehead atoms. The van der Waals surface area contributed by atoms with Crippen molar-refractivity contribution in [1.82, 2.24) is 5.32 Å². The lowest BCUT2D eigenvalue weighted by molar-refractivity contribution is -0.400. The topological polar surface area (TPSA) is 153 Å². The van der Waals surface area contributed by atoms with Gasteiger partial charge >= 0.3 is 0 Å². The normalized spacial score (nSPS) is 37.8. The molecule has 0 spiro atoms. The molecule has 13 heteroatoms. The van der Waals surface area contributed by atoms with Crippen LogP contribution in [0.3, 0.4) is 0 Å². The number of ether oxygens (including phenoxy) is 9. The first-order valence-corrected chi connectivity index (χ1v) is 20.6. The van der Waals surface area contributed by atoms with E-state index < -0.39 is 80.5 Å². The third-order valence-electron chi connectivity index (χ3n) is 12.1. The zero-order chi connectivity index (χ0) is 40.8. The molecule has 7 rings (SSSR count). The highest BCUT2D eigenvalue weighted by Crippen LogP contribution is 2.42. The maximum atomic E-state index is 12.8. The van der Waals surface area contributed by atoms with Gasteiger partial charge in [-0.25, -0.2) is 0 Å². The van der Waals surface area contributed by atoms with E-state index in [1.165, 1.54) is 6.92 Å². The molecule has 1 amide bonds. The van der Waals surface area contributed by atoms with Gasteiger partial charge in [-0.2, -0.15) is 0 Å². The van der Waals surface area contributed by atoms with E-state index in [0.29, 0.717) is 5.92 Å². The fourth-order valence-corrected chi connectivity index (χ4v) is 8.49. The molecule has 16 atom stereocenters. The van der Waals surface area contributed by atoms with Crippen molar-refractivity contribution in [2.45, 2.75) is 134 Å². The van der Waals surface area contributed by atoms with E-state index in [1.807, 2.05) is 91.0 Å². The number of carbonyl (C=O) groups is 1. The summed E-state index contributed by atoms with van der Waals surface area (Å²) in [6, 6.07) is 27.8. The summed E-state index contributed by atoms with van der Waals surface area (Å²) in [6.07, 6.45) is -9.83. The van der Waals surface area contributed by atoms with Crippen LogP contribution in [-0.4, -0.2) is 103 Å². The summed E-state index contributed by atoms with van der Waals surface area (Å²) in [6.45, 7) is 9.95. The molecule has 3 N–H and O–H groups in total. The Morgan fingerprint density at radius 1 is 0.707 bits per heavy atom. The predicted octanol–water partition coefficient (Wildman–Crippen LogP) is 5.02. The Morgan fingerprint density at radius 2 is 1.31 bits per heavy atom. The van der Waals surface area contributed by atoms with Crippen molar-refractivity contribution in [3.63, 3.8) is 0 Å². The molecule has 13 nitrogen and oxygen atoms in total. The molecule has 316 valence electrons. The first-order valence-electron chi connectivity index (χ1n) is 20.6. The maximum absolute atomic E-state index is 12.8. The van der Waals surface area contributed by atoms with E-state index in [4.69, 9.17) is 42.6 Å². The van der Waals surface area contributed by atoms with Gasteiger partial charge in [-0.3, -0.25) is 4.79 Å². The number of aliphatic hydroxyl groups excluding tert-OH is 2. The number of benzene rings is 3. The molecule has 0 aliphatic carbocycles. The van der Waals surface area contributed by atoms with Crippen LogP contribution in [0.25, 0.3) is 0 Å². The molecule has 0 aromatic heterocycles. The van der Waals surface area contributed by atoms with Crippen LogP contribution in [0.5, 0.6) is 0 Å². The summed E-state index contributed by atoms with van der Waals surface area (Å²) >= 11 is 0. The highest BCUT2D eigenvalue weighted by molar-refractivity contribution is 5.73. The minimum Gasteiger partial charge on any atom is -0.394 e. The first-order chi connectivity index (χ1) is 28.1. The number of nitrogens with one attached hydrogen (secondary N) is 1. The van der Waals surface area contributed by atoms with Crippen molar-refractivity contribution in [3.05, 3.63) is 108 Å². The highest BCUT2D eigenvalue weighted by Gasteiger charge is 2.56. The summed E-state index contributed by atoms with van der Waals surface area (Å²) in [5.74, 6) is 0.257. The summed E-state index contributed by atoms with van der Waals surface area (Å²) in [5.41, 5.74) is 2.59. The third-order valence-corrected chi connectivity index (χ3v) is 12.1. The fraction of sp³-hybridized carbons (Fsp3) is 0.578. The van der Waals surface area contributed by atoms with Gasteiger partial charge in [-0.05, 0) is 29.4 Å².